The predicted molar refractivity (Wildman–Crippen MR) is 80.9 cm³/mol. The third-order valence-corrected chi connectivity index (χ3v) is 3.02. The summed E-state index contributed by atoms with van der Waals surface area (Å²) in [5, 5.41) is 23.4. The van der Waals surface area contributed by atoms with Crippen LogP contribution >= 0.6 is 11.6 Å². The van der Waals surface area contributed by atoms with Gasteiger partial charge < -0.3 is 10.2 Å². The zero-order chi connectivity index (χ0) is 15.4. The van der Waals surface area contributed by atoms with Crippen LogP contribution in [0.3, 0.4) is 0 Å². The molecule has 0 saturated carbocycles. The Morgan fingerprint density at radius 3 is 2.67 bits per heavy atom. The van der Waals surface area contributed by atoms with Crippen molar-refractivity contribution in [3.8, 4) is 11.5 Å². The largest absolute Gasteiger partial charge is 0.508 e. The van der Waals surface area contributed by atoms with Gasteiger partial charge in [0.2, 0.25) is 0 Å². The number of halogens is 1. The molecule has 0 bridgehead atoms. The van der Waals surface area contributed by atoms with E-state index in [1.54, 1.807) is 31.2 Å². The second kappa shape index (κ2) is 6.28. The van der Waals surface area contributed by atoms with E-state index in [1.807, 2.05) is 0 Å². The number of hydrogen-bond donors (Lipinski definition) is 3. The molecule has 2 aromatic carbocycles. The quantitative estimate of drug-likeness (QED) is 0.602. The first-order valence-electron chi connectivity index (χ1n) is 6.10. The Kier molecular flexibility index (Phi) is 4.45. The maximum atomic E-state index is 11.9. The van der Waals surface area contributed by atoms with Gasteiger partial charge in [-0.2, -0.15) is 5.10 Å². The lowest BCUT2D eigenvalue weighted by Gasteiger charge is -2.06. The summed E-state index contributed by atoms with van der Waals surface area (Å²) >= 11 is 5.86. The van der Waals surface area contributed by atoms with Crippen molar-refractivity contribution >= 4 is 23.2 Å². The fraction of sp³-hybridized carbons (Fsp3) is 0.0667. The summed E-state index contributed by atoms with van der Waals surface area (Å²) in [6.07, 6.45) is 0. The second-order valence-corrected chi connectivity index (χ2v) is 4.79. The molecule has 0 spiro atoms. The molecule has 21 heavy (non-hydrogen) atoms. The monoisotopic (exact) mass is 304 g/mol. The molecular formula is C15H13ClN2O3. The zero-order valence-electron chi connectivity index (χ0n) is 11.2. The van der Waals surface area contributed by atoms with Gasteiger partial charge in [-0.1, -0.05) is 17.7 Å². The zero-order valence-corrected chi connectivity index (χ0v) is 11.9. The number of carbonyl (C=O) groups excluding carboxylic acids is 1. The van der Waals surface area contributed by atoms with E-state index in [2.05, 4.69) is 10.5 Å². The van der Waals surface area contributed by atoms with Gasteiger partial charge in [-0.05, 0) is 43.3 Å². The predicted octanol–water partition coefficient (Wildman–Crippen LogP) is 2.91. The Balaban J connectivity index is 2.17. The van der Waals surface area contributed by atoms with E-state index < -0.39 is 5.91 Å². The Morgan fingerprint density at radius 2 is 1.95 bits per heavy atom. The Labute approximate surface area is 126 Å². The molecule has 108 valence electrons. The number of phenolic OH excluding ortho intramolecular Hbond substituents is 2. The van der Waals surface area contributed by atoms with Gasteiger partial charge in [0.05, 0.1) is 5.71 Å². The summed E-state index contributed by atoms with van der Waals surface area (Å²) in [6.45, 7) is 1.63. The van der Waals surface area contributed by atoms with Crippen molar-refractivity contribution in [2.75, 3.05) is 0 Å². The molecule has 0 unspecified atom stereocenters. The standard InChI is InChI=1S/C15H13ClN2O3/c1-9(13-8-11(16)5-6-14(13)20)17-18-15(21)10-3-2-4-12(19)7-10/h2-8,19-20H,1H3,(H,18,21)/b17-9+. The summed E-state index contributed by atoms with van der Waals surface area (Å²) < 4.78 is 0. The highest BCUT2D eigenvalue weighted by atomic mass is 35.5. The molecule has 0 aromatic heterocycles. The topological polar surface area (TPSA) is 81.9 Å². The molecule has 0 aliphatic heterocycles. The normalized spacial score (nSPS) is 11.2. The van der Waals surface area contributed by atoms with Crippen molar-refractivity contribution in [2.24, 2.45) is 5.10 Å². The number of nitrogens with zero attached hydrogens (tertiary/aromatic N) is 1. The number of hydrogen-bond acceptors (Lipinski definition) is 4. The van der Waals surface area contributed by atoms with Gasteiger partial charge in [0.15, 0.2) is 0 Å². The lowest BCUT2D eigenvalue weighted by molar-refractivity contribution is 0.0954. The van der Waals surface area contributed by atoms with Crippen LogP contribution in [0, 0.1) is 0 Å². The number of aromatic hydroxyl groups is 2. The third kappa shape index (κ3) is 3.73. The molecule has 0 fully saturated rings. The van der Waals surface area contributed by atoms with Gasteiger partial charge in [-0.15, -0.1) is 0 Å². The summed E-state index contributed by atoms with van der Waals surface area (Å²) in [5.41, 5.74) is 3.47. The summed E-state index contributed by atoms with van der Waals surface area (Å²) in [5.74, 6) is -0.449. The molecule has 1 amide bonds. The summed E-state index contributed by atoms with van der Waals surface area (Å²) in [4.78, 5) is 11.9. The summed E-state index contributed by atoms with van der Waals surface area (Å²) in [6, 6.07) is 10.5. The first kappa shape index (κ1) is 14.9. The van der Waals surface area contributed by atoms with Crippen LogP contribution < -0.4 is 5.43 Å². The number of hydrazone groups is 1. The van der Waals surface area contributed by atoms with E-state index in [0.29, 0.717) is 16.3 Å². The number of amides is 1. The van der Waals surface area contributed by atoms with E-state index >= 15 is 0 Å². The van der Waals surface area contributed by atoms with Crippen molar-refractivity contribution in [3.63, 3.8) is 0 Å². The number of rotatable bonds is 3. The van der Waals surface area contributed by atoms with E-state index in [-0.39, 0.29) is 17.1 Å². The number of carbonyl (C=O) groups is 1. The van der Waals surface area contributed by atoms with Gasteiger partial charge in [-0.25, -0.2) is 5.43 Å². The molecule has 2 rings (SSSR count). The van der Waals surface area contributed by atoms with E-state index in [4.69, 9.17) is 11.6 Å². The minimum atomic E-state index is -0.466. The van der Waals surface area contributed by atoms with E-state index in [9.17, 15) is 15.0 Å². The fourth-order valence-electron chi connectivity index (χ4n) is 1.70. The number of benzene rings is 2. The molecule has 3 N–H and O–H groups in total. The van der Waals surface area contributed by atoms with Gasteiger partial charge in [0.25, 0.3) is 5.91 Å². The van der Waals surface area contributed by atoms with Crippen LogP contribution in [-0.2, 0) is 0 Å². The van der Waals surface area contributed by atoms with Crippen molar-refractivity contribution in [1.82, 2.24) is 5.43 Å². The molecule has 0 aliphatic rings. The average molecular weight is 305 g/mol. The van der Waals surface area contributed by atoms with Gasteiger partial charge in [-0.3, -0.25) is 4.79 Å². The van der Waals surface area contributed by atoms with E-state index in [1.165, 1.54) is 18.2 Å². The highest BCUT2D eigenvalue weighted by Crippen LogP contribution is 2.22. The molecule has 0 saturated heterocycles. The Morgan fingerprint density at radius 1 is 1.19 bits per heavy atom. The van der Waals surface area contributed by atoms with Crippen molar-refractivity contribution < 1.29 is 15.0 Å². The van der Waals surface area contributed by atoms with Crippen LogP contribution in [-0.4, -0.2) is 21.8 Å². The lowest BCUT2D eigenvalue weighted by Crippen LogP contribution is -2.19. The van der Waals surface area contributed by atoms with Crippen LogP contribution in [0.2, 0.25) is 5.02 Å². The second-order valence-electron chi connectivity index (χ2n) is 4.35. The van der Waals surface area contributed by atoms with Crippen LogP contribution in [0.25, 0.3) is 0 Å². The SMILES string of the molecule is C/C(=N\NC(=O)c1cccc(O)c1)c1cc(Cl)ccc1O. The minimum Gasteiger partial charge on any atom is -0.508 e. The Hall–Kier alpha value is -2.53. The van der Waals surface area contributed by atoms with Crippen molar-refractivity contribution in [2.45, 2.75) is 6.92 Å². The van der Waals surface area contributed by atoms with Crippen LogP contribution in [0.15, 0.2) is 47.6 Å². The molecule has 0 atom stereocenters. The molecule has 0 heterocycles. The van der Waals surface area contributed by atoms with Gasteiger partial charge >= 0.3 is 0 Å². The number of nitrogens with one attached hydrogen (secondary N) is 1. The van der Waals surface area contributed by atoms with Gasteiger partial charge in [0, 0.05) is 16.1 Å². The van der Waals surface area contributed by atoms with Gasteiger partial charge in [0.1, 0.15) is 11.5 Å². The highest BCUT2D eigenvalue weighted by molar-refractivity contribution is 6.31. The van der Waals surface area contributed by atoms with E-state index in [0.717, 1.165) is 0 Å². The van der Waals surface area contributed by atoms with Crippen LogP contribution in [0.5, 0.6) is 11.5 Å². The smallest absolute Gasteiger partial charge is 0.271 e. The maximum absolute atomic E-state index is 11.9. The third-order valence-electron chi connectivity index (χ3n) is 2.78. The lowest BCUT2D eigenvalue weighted by atomic mass is 10.1. The fourth-order valence-corrected chi connectivity index (χ4v) is 1.88. The molecule has 5 nitrogen and oxygen atoms in total. The van der Waals surface area contributed by atoms with Crippen molar-refractivity contribution in [1.29, 1.82) is 0 Å². The molecule has 0 radical (unpaired) electrons. The van der Waals surface area contributed by atoms with Crippen LogP contribution in [0.1, 0.15) is 22.8 Å². The van der Waals surface area contributed by atoms with Crippen molar-refractivity contribution in [3.05, 3.63) is 58.6 Å². The summed E-state index contributed by atoms with van der Waals surface area (Å²) in [7, 11) is 0. The molecule has 0 aliphatic carbocycles. The average Bonchev–Trinajstić information content (AvgIpc) is 2.47. The molecule has 6 heteroatoms. The van der Waals surface area contributed by atoms with Crippen LogP contribution in [0.4, 0.5) is 0 Å². The first-order valence-corrected chi connectivity index (χ1v) is 6.47. The molecular weight excluding hydrogens is 292 g/mol. The first-order chi connectivity index (χ1) is 9.97. The maximum Gasteiger partial charge on any atom is 0.271 e. The molecule has 2 aromatic rings. The number of phenols is 2. The Bertz CT molecular complexity index is 714. The highest BCUT2D eigenvalue weighted by Gasteiger charge is 2.08. The minimum absolute atomic E-state index is 0.00385.